The number of unbranched alkanes of at least 4 members (excludes halogenated alkanes) is 5. The zero-order valence-electron chi connectivity index (χ0n) is 17.9. The Balaban J connectivity index is 1.68. The van der Waals surface area contributed by atoms with Crippen LogP contribution in [0, 0.1) is 0 Å². The lowest BCUT2D eigenvalue weighted by molar-refractivity contribution is 0.0953. The van der Waals surface area contributed by atoms with Gasteiger partial charge in [-0.15, -0.1) is 11.8 Å². The van der Waals surface area contributed by atoms with Crippen LogP contribution in [-0.2, 0) is 16.7 Å². The van der Waals surface area contributed by atoms with Gasteiger partial charge in [0.15, 0.2) is 0 Å². The van der Waals surface area contributed by atoms with Crippen LogP contribution in [0.3, 0.4) is 0 Å². The van der Waals surface area contributed by atoms with Gasteiger partial charge in [0.05, 0.1) is 10.6 Å². The lowest BCUT2D eigenvalue weighted by atomic mass is 10.1. The molecule has 0 aliphatic heterocycles. The Morgan fingerprint density at radius 2 is 1.77 bits per heavy atom. The Labute approximate surface area is 189 Å². The molecule has 1 amide bonds. The van der Waals surface area contributed by atoms with Crippen molar-refractivity contribution in [2.45, 2.75) is 56.9 Å². The van der Waals surface area contributed by atoms with Crippen LogP contribution in [0.4, 0.5) is 0 Å². The van der Waals surface area contributed by atoms with Crippen molar-refractivity contribution in [2.75, 3.05) is 12.3 Å². The Morgan fingerprint density at radius 3 is 2.42 bits per heavy atom. The van der Waals surface area contributed by atoms with E-state index in [1.807, 2.05) is 6.07 Å². The number of benzene rings is 1. The highest BCUT2D eigenvalue weighted by molar-refractivity contribution is 7.99. The van der Waals surface area contributed by atoms with Crippen LogP contribution in [0.5, 0.6) is 5.75 Å². The van der Waals surface area contributed by atoms with Crippen molar-refractivity contribution in [3.8, 4) is 5.75 Å². The highest BCUT2D eigenvalue weighted by atomic mass is 32.2. The third kappa shape index (κ3) is 10.7. The number of carbonyl (C=O) groups excluding carboxylic acids is 1. The summed E-state index contributed by atoms with van der Waals surface area (Å²) in [6.45, 7) is 2.67. The van der Waals surface area contributed by atoms with Crippen LogP contribution >= 0.6 is 11.8 Å². The van der Waals surface area contributed by atoms with Gasteiger partial charge in [-0.1, -0.05) is 51.2 Å². The molecule has 1 heterocycles. The van der Waals surface area contributed by atoms with Crippen LogP contribution < -0.4 is 14.6 Å². The maximum atomic E-state index is 12.3. The first kappa shape index (κ1) is 25.2. The summed E-state index contributed by atoms with van der Waals surface area (Å²) < 4.78 is 26.4. The fourth-order valence-corrected chi connectivity index (χ4v) is 4.16. The molecule has 0 radical (unpaired) electrons. The van der Waals surface area contributed by atoms with Crippen LogP contribution in [0.15, 0.2) is 47.6 Å². The summed E-state index contributed by atoms with van der Waals surface area (Å²) in [5.74, 6) is 1.02. The van der Waals surface area contributed by atoms with E-state index in [9.17, 15) is 13.2 Å². The molecule has 31 heavy (non-hydrogen) atoms. The Morgan fingerprint density at radius 1 is 1.06 bits per heavy atom. The number of hydrogen-bond donors (Lipinski definition) is 2. The first-order chi connectivity index (χ1) is 14.9. The van der Waals surface area contributed by atoms with Crippen molar-refractivity contribution in [1.29, 1.82) is 0 Å². The van der Waals surface area contributed by atoms with E-state index in [1.54, 1.807) is 36.2 Å². The van der Waals surface area contributed by atoms with E-state index in [1.165, 1.54) is 50.7 Å². The second-order valence-corrected chi connectivity index (χ2v) is 9.49. The highest BCUT2D eigenvalue weighted by Gasteiger charge is 2.07. The van der Waals surface area contributed by atoms with Gasteiger partial charge in [0.2, 0.25) is 0 Å². The molecule has 1 aromatic carbocycles. The minimum Gasteiger partial charge on any atom is -0.371 e. The van der Waals surface area contributed by atoms with Crippen molar-refractivity contribution >= 4 is 28.0 Å². The lowest BCUT2D eigenvalue weighted by Gasteiger charge is -2.07. The van der Waals surface area contributed by atoms with Gasteiger partial charge in [-0.2, -0.15) is 13.6 Å². The summed E-state index contributed by atoms with van der Waals surface area (Å²) in [5, 5.41) is 8.63. The monoisotopic (exact) mass is 465 g/mol. The maximum absolute atomic E-state index is 12.3. The number of nitrogens with two attached hydrogens (primary N) is 1. The normalized spacial score (nSPS) is 11.3. The van der Waals surface area contributed by atoms with Crippen LogP contribution in [0.25, 0.3) is 0 Å². The number of hydrogen-bond acceptors (Lipinski definition) is 6. The van der Waals surface area contributed by atoms with Gasteiger partial charge < -0.3 is 9.50 Å². The molecule has 1 aromatic heterocycles. The third-order valence-corrected chi connectivity index (χ3v) is 6.04. The van der Waals surface area contributed by atoms with E-state index < -0.39 is 10.3 Å². The number of thioether (sulfide) groups is 1. The van der Waals surface area contributed by atoms with Gasteiger partial charge in [-0.3, -0.25) is 4.79 Å². The largest absolute Gasteiger partial charge is 0.380 e. The topological polar surface area (TPSA) is 111 Å². The van der Waals surface area contributed by atoms with E-state index in [0.717, 1.165) is 16.3 Å². The number of aromatic nitrogens is 1. The molecular weight excluding hydrogens is 434 g/mol. The lowest BCUT2D eigenvalue weighted by Crippen LogP contribution is -2.25. The van der Waals surface area contributed by atoms with Gasteiger partial charge in [-0.25, -0.2) is 4.98 Å². The van der Waals surface area contributed by atoms with E-state index in [2.05, 4.69) is 21.4 Å². The maximum Gasteiger partial charge on any atom is 0.380 e. The average molecular weight is 466 g/mol. The van der Waals surface area contributed by atoms with Gasteiger partial charge in [0, 0.05) is 12.7 Å². The Bertz CT molecular complexity index is 901. The molecule has 9 heteroatoms. The SMILES string of the molecule is CCCCCCCCSc1ccc(C(=O)NCCc2ccc(OS(N)(=O)=O)cc2)cn1. The third-order valence-electron chi connectivity index (χ3n) is 4.58. The van der Waals surface area contributed by atoms with Crippen LogP contribution in [0.1, 0.15) is 61.4 Å². The van der Waals surface area contributed by atoms with Crippen molar-refractivity contribution in [1.82, 2.24) is 10.3 Å². The van der Waals surface area contributed by atoms with Crippen molar-refractivity contribution in [3.63, 3.8) is 0 Å². The van der Waals surface area contributed by atoms with Crippen LogP contribution in [0.2, 0.25) is 0 Å². The smallest absolute Gasteiger partial charge is 0.371 e. The predicted octanol–water partition coefficient (Wildman–Crippen LogP) is 4.09. The summed E-state index contributed by atoms with van der Waals surface area (Å²) in [6.07, 6.45) is 9.86. The number of nitrogens with one attached hydrogen (secondary N) is 1. The average Bonchev–Trinajstić information content (AvgIpc) is 2.73. The molecule has 0 unspecified atom stereocenters. The zero-order valence-corrected chi connectivity index (χ0v) is 19.5. The molecular formula is C22H31N3O4S2. The van der Waals surface area contributed by atoms with Gasteiger partial charge in [0.25, 0.3) is 5.91 Å². The molecule has 7 nitrogen and oxygen atoms in total. The standard InChI is InChI=1S/C22H31N3O4S2/c1-2-3-4-5-6-7-16-30-21-13-10-19(17-25-21)22(26)24-15-14-18-8-11-20(12-9-18)29-31(23,27)28/h8-13,17H,2-7,14-16H2,1H3,(H,24,26)(H2,23,27,28). The van der Waals surface area contributed by atoms with Gasteiger partial charge >= 0.3 is 10.3 Å². The van der Waals surface area contributed by atoms with Crippen molar-refractivity contribution in [2.24, 2.45) is 5.14 Å². The fourth-order valence-electron chi connectivity index (χ4n) is 2.93. The van der Waals surface area contributed by atoms with E-state index in [4.69, 9.17) is 5.14 Å². The molecule has 2 aromatic rings. The van der Waals surface area contributed by atoms with E-state index >= 15 is 0 Å². The highest BCUT2D eigenvalue weighted by Crippen LogP contribution is 2.18. The molecule has 0 spiro atoms. The quantitative estimate of drug-likeness (QED) is 0.321. The minimum atomic E-state index is -4.03. The summed E-state index contributed by atoms with van der Waals surface area (Å²) in [6, 6.07) is 10.2. The van der Waals surface area contributed by atoms with Crippen LogP contribution in [-0.4, -0.2) is 31.6 Å². The van der Waals surface area contributed by atoms with E-state index in [0.29, 0.717) is 18.5 Å². The molecule has 0 aliphatic carbocycles. The Kier molecular flexibility index (Phi) is 10.8. The van der Waals surface area contributed by atoms with Gasteiger partial charge in [0.1, 0.15) is 5.75 Å². The molecule has 2 rings (SSSR count). The molecule has 0 atom stereocenters. The van der Waals surface area contributed by atoms with E-state index in [-0.39, 0.29) is 11.7 Å². The predicted molar refractivity (Wildman–Crippen MR) is 125 cm³/mol. The number of rotatable bonds is 14. The summed E-state index contributed by atoms with van der Waals surface area (Å²) in [5.41, 5.74) is 1.46. The Hall–Kier alpha value is -2.10. The first-order valence-corrected chi connectivity index (χ1v) is 13.0. The van der Waals surface area contributed by atoms with Crippen molar-refractivity contribution in [3.05, 3.63) is 53.7 Å². The molecule has 0 bridgehead atoms. The van der Waals surface area contributed by atoms with Gasteiger partial charge in [-0.05, 0) is 48.4 Å². The fraction of sp³-hybridized carbons (Fsp3) is 0.455. The molecule has 0 aliphatic rings. The number of carbonyl (C=O) groups is 1. The number of amides is 1. The molecule has 170 valence electrons. The first-order valence-electron chi connectivity index (χ1n) is 10.6. The summed E-state index contributed by atoms with van der Waals surface area (Å²) in [7, 11) is -4.03. The second-order valence-electron chi connectivity index (χ2n) is 7.23. The number of nitrogens with zero attached hydrogens (tertiary/aromatic N) is 1. The molecule has 0 saturated heterocycles. The second kappa shape index (κ2) is 13.3. The van der Waals surface area contributed by atoms with Crippen molar-refractivity contribution < 1.29 is 17.4 Å². The molecule has 0 saturated carbocycles. The summed E-state index contributed by atoms with van der Waals surface area (Å²) >= 11 is 1.73. The zero-order chi connectivity index (χ0) is 22.5. The molecule has 0 fully saturated rings. The molecule has 3 N–H and O–H groups in total. The minimum absolute atomic E-state index is 0.149. The number of pyridine rings is 1. The summed E-state index contributed by atoms with van der Waals surface area (Å²) in [4.78, 5) is 16.7.